The van der Waals surface area contributed by atoms with Crippen LogP contribution in [0.4, 0.5) is 0 Å². The highest BCUT2D eigenvalue weighted by atomic mass is 14.7. The van der Waals surface area contributed by atoms with Crippen LogP contribution in [0.15, 0.2) is 0 Å². The first-order valence-corrected chi connectivity index (χ1v) is 2.76. The Morgan fingerprint density at radius 1 is 1.75 bits per heavy atom. The van der Waals surface area contributed by atoms with Gasteiger partial charge in [-0.05, 0) is 6.42 Å². The van der Waals surface area contributed by atoms with Gasteiger partial charge in [-0.3, -0.25) is 5.41 Å². The van der Waals surface area contributed by atoms with Crippen LogP contribution >= 0.6 is 0 Å². The molecular weight excluding hydrogens is 102 g/mol. The summed E-state index contributed by atoms with van der Waals surface area (Å²) in [6.45, 7) is 2.46. The summed E-state index contributed by atoms with van der Waals surface area (Å²) in [7, 11) is 0. The zero-order valence-electron chi connectivity index (χ0n) is 5.15. The number of amidine groups is 1. The van der Waals surface area contributed by atoms with E-state index in [4.69, 9.17) is 16.9 Å². The smallest absolute Gasteiger partial charge is 0.0949 e. The summed E-state index contributed by atoms with van der Waals surface area (Å²) in [5, 5.41) is 6.95. The largest absolute Gasteiger partial charge is 0.387 e. The number of rotatable bonds is 3. The molecule has 0 heterocycles. The minimum atomic E-state index is 0.0926. The molecule has 1 atom stereocenters. The van der Waals surface area contributed by atoms with E-state index in [0.29, 0.717) is 6.54 Å². The highest BCUT2D eigenvalue weighted by Gasteiger charge is 2.04. The van der Waals surface area contributed by atoms with Gasteiger partial charge in [-0.2, -0.15) is 0 Å². The van der Waals surface area contributed by atoms with Crippen LogP contribution < -0.4 is 11.5 Å². The first kappa shape index (κ1) is 7.43. The Balaban J connectivity index is 3.52. The second-order valence-corrected chi connectivity index (χ2v) is 1.80. The normalized spacial score (nSPS) is 13.2. The topological polar surface area (TPSA) is 75.9 Å². The maximum Gasteiger partial charge on any atom is 0.0949 e. The van der Waals surface area contributed by atoms with Crippen molar-refractivity contribution in [3.05, 3.63) is 0 Å². The van der Waals surface area contributed by atoms with Crippen LogP contribution in [0.5, 0.6) is 0 Å². The monoisotopic (exact) mass is 115 g/mol. The van der Waals surface area contributed by atoms with Crippen LogP contribution in [0.25, 0.3) is 0 Å². The molecule has 0 aliphatic rings. The van der Waals surface area contributed by atoms with E-state index in [2.05, 4.69) is 0 Å². The van der Waals surface area contributed by atoms with E-state index in [-0.39, 0.29) is 11.8 Å². The molecule has 8 heavy (non-hydrogen) atoms. The molecule has 0 radical (unpaired) electrons. The molecule has 0 aliphatic heterocycles. The summed E-state index contributed by atoms with van der Waals surface area (Å²) in [6, 6.07) is 0. The molecule has 0 saturated carbocycles. The lowest BCUT2D eigenvalue weighted by atomic mass is 10.1. The van der Waals surface area contributed by atoms with E-state index in [1.165, 1.54) is 0 Å². The molecule has 3 heteroatoms. The molecule has 0 amide bonds. The van der Waals surface area contributed by atoms with Gasteiger partial charge in [0.2, 0.25) is 0 Å². The highest BCUT2D eigenvalue weighted by Crippen LogP contribution is 1.96. The average molecular weight is 115 g/mol. The number of nitrogens with one attached hydrogen (secondary N) is 1. The Kier molecular flexibility index (Phi) is 3.19. The van der Waals surface area contributed by atoms with Crippen LogP contribution in [0.2, 0.25) is 0 Å². The third kappa shape index (κ3) is 1.93. The van der Waals surface area contributed by atoms with Crippen molar-refractivity contribution in [3.8, 4) is 0 Å². The van der Waals surface area contributed by atoms with Crippen molar-refractivity contribution >= 4 is 5.84 Å². The summed E-state index contributed by atoms with van der Waals surface area (Å²) in [5.41, 5.74) is 10.4. The standard InChI is InChI=1S/C5H13N3/c1-2-4(3-6)5(7)8/h4H,2-3,6H2,1H3,(H3,7,8). The molecule has 48 valence electrons. The van der Waals surface area contributed by atoms with Gasteiger partial charge in [0.1, 0.15) is 0 Å². The molecule has 0 aromatic carbocycles. The molecule has 3 nitrogen and oxygen atoms in total. The van der Waals surface area contributed by atoms with Crippen molar-refractivity contribution in [1.82, 2.24) is 0 Å². The lowest BCUT2D eigenvalue weighted by Crippen LogP contribution is -2.28. The van der Waals surface area contributed by atoms with Crippen molar-refractivity contribution in [2.45, 2.75) is 13.3 Å². The van der Waals surface area contributed by atoms with Gasteiger partial charge in [-0.25, -0.2) is 0 Å². The minimum Gasteiger partial charge on any atom is -0.387 e. The van der Waals surface area contributed by atoms with Gasteiger partial charge in [0, 0.05) is 12.5 Å². The molecule has 0 aromatic heterocycles. The van der Waals surface area contributed by atoms with Gasteiger partial charge >= 0.3 is 0 Å². The van der Waals surface area contributed by atoms with Crippen molar-refractivity contribution in [1.29, 1.82) is 5.41 Å². The zero-order valence-corrected chi connectivity index (χ0v) is 5.15. The van der Waals surface area contributed by atoms with Gasteiger partial charge in [0.25, 0.3) is 0 Å². The average Bonchev–Trinajstić information content (AvgIpc) is 1.69. The lowest BCUT2D eigenvalue weighted by Gasteiger charge is -2.07. The van der Waals surface area contributed by atoms with E-state index in [0.717, 1.165) is 6.42 Å². The Morgan fingerprint density at radius 3 is 2.25 bits per heavy atom. The second-order valence-electron chi connectivity index (χ2n) is 1.80. The van der Waals surface area contributed by atoms with Crippen LogP contribution in [0.1, 0.15) is 13.3 Å². The predicted octanol–water partition coefficient (Wildman–Crippen LogP) is -0.0927. The van der Waals surface area contributed by atoms with Gasteiger partial charge in [-0.15, -0.1) is 0 Å². The number of nitrogens with two attached hydrogens (primary N) is 2. The molecule has 0 bridgehead atoms. The maximum atomic E-state index is 6.95. The van der Waals surface area contributed by atoms with Crippen molar-refractivity contribution in [2.24, 2.45) is 17.4 Å². The fourth-order valence-electron chi connectivity index (χ4n) is 0.514. The first-order chi connectivity index (χ1) is 3.72. The summed E-state index contributed by atoms with van der Waals surface area (Å²) in [6.07, 6.45) is 0.867. The maximum absolute atomic E-state index is 6.95. The third-order valence-electron chi connectivity index (χ3n) is 1.22. The quantitative estimate of drug-likeness (QED) is 0.355. The summed E-state index contributed by atoms with van der Waals surface area (Å²) in [4.78, 5) is 0. The molecule has 0 aromatic rings. The molecule has 1 unspecified atom stereocenters. The van der Waals surface area contributed by atoms with Crippen LogP contribution in [0, 0.1) is 11.3 Å². The molecule has 5 N–H and O–H groups in total. The van der Waals surface area contributed by atoms with E-state index < -0.39 is 0 Å². The van der Waals surface area contributed by atoms with Crippen molar-refractivity contribution < 1.29 is 0 Å². The predicted molar refractivity (Wildman–Crippen MR) is 34.7 cm³/mol. The van der Waals surface area contributed by atoms with Crippen LogP contribution in [0.3, 0.4) is 0 Å². The molecular formula is C5H13N3. The summed E-state index contributed by atoms with van der Waals surface area (Å²) >= 11 is 0. The van der Waals surface area contributed by atoms with E-state index in [9.17, 15) is 0 Å². The highest BCUT2D eigenvalue weighted by molar-refractivity contribution is 5.79. The Morgan fingerprint density at radius 2 is 2.25 bits per heavy atom. The van der Waals surface area contributed by atoms with Gasteiger partial charge in [0.05, 0.1) is 5.84 Å². The van der Waals surface area contributed by atoms with Gasteiger partial charge in [-0.1, -0.05) is 6.92 Å². The van der Waals surface area contributed by atoms with Crippen molar-refractivity contribution in [3.63, 3.8) is 0 Å². The van der Waals surface area contributed by atoms with E-state index in [1.807, 2.05) is 6.92 Å². The van der Waals surface area contributed by atoms with Crippen molar-refractivity contribution in [2.75, 3.05) is 6.54 Å². The summed E-state index contributed by atoms with van der Waals surface area (Å²) in [5.74, 6) is 0.296. The van der Waals surface area contributed by atoms with E-state index >= 15 is 0 Å². The fourth-order valence-corrected chi connectivity index (χ4v) is 0.514. The third-order valence-corrected chi connectivity index (χ3v) is 1.22. The van der Waals surface area contributed by atoms with Gasteiger partial charge in [0.15, 0.2) is 0 Å². The number of hydrogen-bond donors (Lipinski definition) is 3. The molecule has 0 fully saturated rings. The first-order valence-electron chi connectivity index (χ1n) is 2.76. The minimum absolute atomic E-state index is 0.0926. The Hall–Kier alpha value is -0.570. The Labute approximate surface area is 49.6 Å². The second kappa shape index (κ2) is 3.43. The molecule has 0 rings (SSSR count). The molecule has 0 spiro atoms. The van der Waals surface area contributed by atoms with Crippen LogP contribution in [-0.2, 0) is 0 Å². The summed E-state index contributed by atoms with van der Waals surface area (Å²) < 4.78 is 0. The van der Waals surface area contributed by atoms with Gasteiger partial charge < -0.3 is 11.5 Å². The number of hydrogen-bond acceptors (Lipinski definition) is 2. The molecule has 0 aliphatic carbocycles. The Bertz CT molecular complexity index is 75.7. The fraction of sp³-hybridized carbons (Fsp3) is 0.800. The zero-order chi connectivity index (χ0) is 6.57. The van der Waals surface area contributed by atoms with Crippen LogP contribution in [-0.4, -0.2) is 12.4 Å². The lowest BCUT2D eigenvalue weighted by molar-refractivity contribution is 0.668. The SMILES string of the molecule is CCC(CN)C(=N)N. The van der Waals surface area contributed by atoms with E-state index in [1.54, 1.807) is 0 Å². The molecule has 0 saturated heterocycles.